The molecular formula is C7H16OS2. The second-order valence-electron chi connectivity index (χ2n) is 1.95. The molecule has 0 saturated carbocycles. The molecule has 0 spiro atoms. The maximum atomic E-state index is 5.23. The van der Waals surface area contributed by atoms with Crippen LogP contribution in [0.4, 0.5) is 0 Å². The van der Waals surface area contributed by atoms with Crippen LogP contribution in [0.3, 0.4) is 0 Å². The molecule has 3 heteroatoms. The maximum absolute atomic E-state index is 5.23. The van der Waals surface area contributed by atoms with Gasteiger partial charge in [0, 0.05) is 11.5 Å². The van der Waals surface area contributed by atoms with Gasteiger partial charge in [0.1, 0.15) is 0 Å². The van der Waals surface area contributed by atoms with Crippen LogP contribution in [0.15, 0.2) is 0 Å². The second kappa shape index (κ2) is 9.66. The summed E-state index contributed by atoms with van der Waals surface area (Å²) in [6, 6.07) is 0. The van der Waals surface area contributed by atoms with E-state index in [1.54, 1.807) is 0 Å². The minimum absolute atomic E-state index is 0.787. The van der Waals surface area contributed by atoms with E-state index < -0.39 is 0 Å². The predicted molar refractivity (Wildman–Crippen MR) is 52.3 cm³/mol. The third-order valence-corrected chi connectivity index (χ3v) is 2.29. The number of ether oxygens (including phenoxy) is 1. The summed E-state index contributed by atoms with van der Waals surface area (Å²) in [6.45, 7) is 3.86. The Balaban J connectivity index is 2.65. The largest absolute Gasteiger partial charge is 0.380 e. The van der Waals surface area contributed by atoms with Gasteiger partial charge in [-0.05, 0) is 12.2 Å². The SMILES string of the molecule is CCCSCCOCCS. The van der Waals surface area contributed by atoms with Gasteiger partial charge in [0.2, 0.25) is 0 Å². The molecule has 0 aromatic rings. The van der Waals surface area contributed by atoms with Crippen LogP contribution in [0.1, 0.15) is 13.3 Å². The van der Waals surface area contributed by atoms with Crippen LogP contribution >= 0.6 is 24.4 Å². The molecule has 0 aromatic carbocycles. The lowest BCUT2D eigenvalue weighted by Gasteiger charge is -2.00. The Labute approximate surface area is 73.3 Å². The number of hydrogen-bond donors (Lipinski definition) is 1. The van der Waals surface area contributed by atoms with Crippen molar-refractivity contribution in [2.24, 2.45) is 0 Å². The van der Waals surface area contributed by atoms with E-state index in [0.29, 0.717) is 0 Å². The summed E-state index contributed by atoms with van der Waals surface area (Å²) < 4.78 is 5.23. The van der Waals surface area contributed by atoms with Gasteiger partial charge in [-0.3, -0.25) is 0 Å². The van der Waals surface area contributed by atoms with E-state index in [4.69, 9.17) is 4.74 Å². The first-order chi connectivity index (χ1) is 4.91. The molecule has 0 amide bonds. The van der Waals surface area contributed by atoms with Crippen LogP contribution in [0.2, 0.25) is 0 Å². The summed E-state index contributed by atoms with van der Waals surface area (Å²) in [6.07, 6.45) is 1.26. The standard InChI is InChI=1S/C7H16OS2/c1-2-6-10-7-4-8-3-5-9/h9H,2-7H2,1H3. The van der Waals surface area contributed by atoms with E-state index in [1.807, 2.05) is 11.8 Å². The molecule has 0 saturated heterocycles. The van der Waals surface area contributed by atoms with Gasteiger partial charge in [0.25, 0.3) is 0 Å². The average molecular weight is 180 g/mol. The number of thioether (sulfide) groups is 1. The van der Waals surface area contributed by atoms with Crippen molar-refractivity contribution >= 4 is 24.4 Å². The average Bonchev–Trinajstić information content (AvgIpc) is 1.97. The monoisotopic (exact) mass is 180 g/mol. The molecule has 0 N–H and O–H groups in total. The molecule has 0 bridgehead atoms. The second-order valence-corrected chi connectivity index (χ2v) is 3.62. The van der Waals surface area contributed by atoms with Crippen LogP contribution in [0.25, 0.3) is 0 Å². The summed E-state index contributed by atoms with van der Waals surface area (Å²) in [7, 11) is 0. The molecule has 10 heavy (non-hydrogen) atoms. The molecule has 0 atom stereocenters. The Morgan fingerprint density at radius 3 is 2.70 bits per heavy atom. The first-order valence-corrected chi connectivity index (χ1v) is 5.47. The van der Waals surface area contributed by atoms with Crippen LogP contribution in [-0.4, -0.2) is 30.5 Å². The Morgan fingerprint density at radius 1 is 1.30 bits per heavy atom. The molecule has 0 aromatic heterocycles. The number of thiol groups is 1. The minimum Gasteiger partial charge on any atom is -0.380 e. The van der Waals surface area contributed by atoms with E-state index in [1.165, 1.54) is 12.2 Å². The van der Waals surface area contributed by atoms with E-state index >= 15 is 0 Å². The van der Waals surface area contributed by atoms with Crippen LogP contribution in [0, 0.1) is 0 Å². The quantitative estimate of drug-likeness (QED) is 0.474. The van der Waals surface area contributed by atoms with E-state index in [2.05, 4.69) is 19.6 Å². The molecule has 62 valence electrons. The third kappa shape index (κ3) is 8.66. The summed E-state index contributed by atoms with van der Waals surface area (Å²) in [5.74, 6) is 3.21. The fraction of sp³-hybridized carbons (Fsp3) is 1.00. The Kier molecular flexibility index (Phi) is 10.3. The zero-order valence-corrected chi connectivity index (χ0v) is 8.22. The fourth-order valence-electron chi connectivity index (χ4n) is 0.531. The molecule has 0 aliphatic rings. The molecule has 0 fully saturated rings. The van der Waals surface area contributed by atoms with Gasteiger partial charge in [0.15, 0.2) is 0 Å². The molecule has 0 heterocycles. The van der Waals surface area contributed by atoms with Gasteiger partial charge in [-0.2, -0.15) is 24.4 Å². The molecule has 0 rings (SSSR count). The van der Waals surface area contributed by atoms with Crippen molar-refractivity contribution in [1.82, 2.24) is 0 Å². The van der Waals surface area contributed by atoms with Gasteiger partial charge in [0.05, 0.1) is 13.2 Å². The van der Waals surface area contributed by atoms with Crippen molar-refractivity contribution in [2.45, 2.75) is 13.3 Å². The van der Waals surface area contributed by atoms with Crippen LogP contribution in [-0.2, 0) is 4.74 Å². The molecule has 0 unspecified atom stereocenters. The normalized spacial score (nSPS) is 10.2. The first kappa shape index (κ1) is 10.7. The van der Waals surface area contributed by atoms with E-state index in [0.717, 1.165) is 24.7 Å². The van der Waals surface area contributed by atoms with Gasteiger partial charge in [-0.15, -0.1) is 0 Å². The van der Waals surface area contributed by atoms with Crippen molar-refractivity contribution in [1.29, 1.82) is 0 Å². The number of rotatable bonds is 7. The zero-order valence-electron chi connectivity index (χ0n) is 6.51. The van der Waals surface area contributed by atoms with Crippen LogP contribution in [0.5, 0.6) is 0 Å². The van der Waals surface area contributed by atoms with Gasteiger partial charge in [-0.1, -0.05) is 6.92 Å². The molecular weight excluding hydrogens is 164 g/mol. The lowest BCUT2D eigenvalue weighted by Crippen LogP contribution is -2.00. The predicted octanol–water partition coefficient (Wildman–Crippen LogP) is 2.08. The first-order valence-electron chi connectivity index (χ1n) is 3.68. The minimum atomic E-state index is 0.787. The lowest BCUT2D eigenvalue weighted by molar-refractivity contribution is 0.167. The highest BCUT2D eigenvalue weighted by molar-refractivity contribution is 7.99. The third-order valence-electron chi connectivity index (χ3n) is 0.956. The highest BCUT2D eigenvalue weighted by Gasteiger charge is 1.86. The highest BCUT2D eigenvalue weighted by atomic mass is 32.2. The molecule has 0 aliphatic heterocycles. The summed E-state index contributed by atoms with van der Waals surface area (Å²) >= 11 is 5.99. The van der Waals surface area contributed by atoms with Crippen molar-refractivity contribution in [3.8, 4) is 0 Å². The Morgan fingerprint density at radius 2 is 2.10 bits per heavy atom. The summed E-state index contributed by atoms with van der Waals surface area (Å²) in [5.41, 5.74) is 0. The summed E-state index contributed by atoms with van der Waals surface area (Å²) in [4.78, 5) is 0. The topological polar surface area (TPSA) is 9.23 Å². The van der Waals surface area contributed by atoms with Crippen molar-refractivity contribution in [2.75, 3.05) is 30.5 Å². The van der Waals surface area contributed by atoms with Crippen molar-refractivity contribution in [3.05, 3.63) is 0 Å². The Hall–Kier alpha value is 0.660. The smallest absolute Gasteiger partial charge is 0.0557 e. The van der Waals surface area contributed by atoms with Crippen molar-refractivity contribution in [3.63, 3.8) is 0 Å². The van der Waals surface area contributed by atoms with Gasteiger partial charge < -0.3 is 4.74 Å². The zero-order chi connectivity index (χ0) is 7.66. The highest BCUT2D eigenvalue weighted by Crippen LogP contribution is 2.00. The molecule has 0 radical (unpaired) electrons. The van der Waals surface area contributed by atoms with Crippen molar-refractivity contribution < 1.29 is 4.74 Å². The van der Waals surface area contributed by atoms with E-state index in [-0.39, 0.29) is 0 Å². The van der Waals surface area contributed by atoms with E-state index in [9.17, 15) is 0 Å². The van der Waals surface area contributed by atoms with Crippen LogP contribution < -0.4 is 0 Å². The Bertz CT molecular complexity index is 51.6. The molecule has 0 aliphatic carbocycles. The fourth-order valence-corrected chi connectivity index (χ4v) is 1.39. The number of hydrogen-bond acceptors (Lipinski definition) is 3. The molecule has 1 nitrogen and oxygen atoms in total. The maximum Gasteiger partial charge on any atom is 0.0557 e. The van der Waals surface area contributed by atoms with Gasteiger partial charge in [-0.25, -0.2) is 0 Å². The summed E-state index contributed by atoms with van der Waals surface area (Å²) in [5, 5.41) is 0. The lowest BCUT2D eigenvalue weighted by atomic mass is 10.6. The van der Waals surface area contributed by atoms with Gasteiger partial charge >= 0.3 is 0 Å².